The molecule has 0 saturated carbocycles. The van der Waals surface area contributed by atoms with Crippen LogP contribution < -0.4 is 20.3 Å². The van der Waals surface area contributed by atoms with Gasteiger partial charge in [0.25, 0.3) is 0 Å². The van der Waals surface area contributed by atoms with Crippen molar-refractivity contribution in [3.05, 3.63) is 23.2 Å². The van der Waals surface area contributed by atoms with E-state index in [0.29, 0.717) is 17.5 Å². The lowest BCUT2D eigenvalue weighted by atomic mass is 10.2. The molecule has 9 heteroatoms. The van der Waals surface area contributed by atoms with Gasteiger partial charge in [0.2, 0.25) is 0 Å². The Balaban J connectivity index is 0.00000364. The molecule has 2 N–H and O–H groups in total. The SMILES string of the molecule is CCNC(=NCCC(=O)OC)NC1CCN(c2cc(Cl)ccc2OC)C1.I. The van der Waals surface area contributed by atoms with Crippen LogP contribution in [0, 0.1) is 0 Å². The molecule has 1 aliphatic rings. The highest BCUT2D eigenvalue weighted by Crippen LogP contribution is 2.33. The molecule has 2 rings (SSSR count). The molecule has 7 nitrogen and oxygen atoms in total. The summed E-state index contributed by atoms with van der Waals surface area (Å²) in [4.78, 5) is 17.9. The normalized spacial score (nSPS) is 16.5. The van der Waals surface area contributed by atoms with E-state index in [1.165, 1.54) is 7.11 Å². The first-order valence-corrected chi connectivity index (χ1v) is 9.15. The van der Waals surface area contributed by atoms with Gasteiger partial charge in [0.05, 0.1) is 32.9 Å². The molecule has 0 amide bonds. The van der Waals surface area contributed by atoms with Crippen LogP contribution in [0.5, 0.6) is 5.75 Å². The molecule has 1 aromatic rings. The van der Waals surface area contributed by atoms with E-state index in [2.05, 4.69) is 25.3 Å². The molecule has 0 bridgehead atoms. The van der Waals surface area contributed by atoms with Gasteiger partial charge in [0.1, 0.15) is 5.75 Å². The summed E-state index contributed by atoms with van der Waals surface area (Å²) in [6.45, 7) is 4.87. The van der Waals surface area contributed by atoms with Crippen molar-refractivity contribution in [3.63, 3.8) is 0 Å². The number of esters is 1. The van der Waals surface area contributed by atoms with Gasteiger partial charge in [-0.1, -0.05) is 11.6 Å². The van der Waals surface area contributed by atoms with E-state index in [1.807, 2.05) is 25.1 Å². The fraction of sp³-hybridized carbons (Fsp3) is 0.556. The zero-order valence-corrected chi connectivity index (χ0v) is 19.0. The van der Waals surface area contributed by atoms with E-state index in [4.69, 9.17) is 16.3 Å². The first-order valence-electron chi connectivity index (χ1n) is 8.77. The Morgan fingerprint density at radius 1 is 1.41 bits per heavy atom. The number of nitrogens with zero attached hydrogens (tertiary/aromatic N) is 2. The third-order valence-electron chi connectivity index (χ3n) is 4.17. The van der Waals surface area contributed by atoms with Gasteiger partial charge in [-0.25, -0.2) is 0 Å². The minimum absolute atomic E-state index is 0. The summed E-state index contributed by atoms with van der Waals surface area (Å²) in [7, 11) is 3.04. The van der Waals surface area contributed by atoms with Gasteiger partial charge >= 0.3 is 5.97 Å². The van der Waals surface area contributed by atoms with Crippen LogP contribution in [-0.4, -0.2) is 58.4 Å². The number of anilines is 1. The van der Waals surface area contributed by atoms with Crippen LogP contribution in [0.25, 0.3) is 0 Å². The van der Waals surface area contributed by atoms with Crippen LogP contribution >= 0.6 is 35.6 Å². The summed E-state index contributed by atoms with van der Waals surface area (Å²) >= 11 is 6.14. The summed E-state index contributed by atoms with van der Waals surface area (Å²) in [5, 5.41) is 7.33. The summed E-state index contributed by atoms with van der Waals surface area (Å²) in [5.74, 6) is 1.26. The lowest BCUT2D eigenvalue weighted by molar-refractivity contribution is -0.140. The number of carbonyl (C=O) groups excluding carboxylic acids is 1. The zero-order chi connectivity index (χ0) is 18.9. The molecule has 1 unspecified atom stereocenters. The minimum atomic E-state index is -0.260. The lowest BCUT2D eigenvalue weighted by Crippen LogP contribution is -2.44. The maximum Gasteiger partial charge on any atom is 0.307 e. The van der Waals surface area contributed by atoms with Gasteiger partial charge in [-0.15, -0.1) is 24.0 Å². The number of nitrogens with one attached hydrogen (secondary N) is 2. The average Bonchev–Trinajstić information content (AvgIpc) is 3.10. The molecule has 1 aliphatic heterocycles. The monoisotopic (exact) mass is 510 g/mol. The molecule has 0 aromatic heterocycles. The van der Waals surface area contributed by atoms with Crippen molar-refractivity contribution in [2.45, 2.75) is 25.8 Å². The molecule has 0 aliphatic carbocycles. The summed E-state index contributed by atoms with van der Waals surface area (Å²) < 4.78 is 10.1. The van der Waals surface area contributed by atoms with Crippen molar-refractivity contribution in [1.29, 1.82) is 0 Å². The first-order chi connectivity index (χ1) is 12.6. The topological polar surface area (TPSA) is 75.2 Å². The van der Waals surface area contributed by atoms with Crippen LogP contribution in [0.1, 0.15) is 19.8 Å². The molecule has 152 valence electrons. The quantitative estimate of drug-likeness (QED) is 0.254. The predicted octanol–water partition coefficient (Wildman–Crippen LogP) is 2.66. The van der Waals surface area contributed by atoms with Crippen LogP contribution in [0.15, 0.2) is 23.2 Å². The maximum absolute atomic E-state index is 11.2. The Morgan fingerprint density at radius 2 is 2.19 bits per heavy atom. The molecule has 1 atom stereocenters. The second-order valence-electron chi connectivity index (χ2n) is 5.98. The second-order valence-corrected chi connectivity index (χ2v) is 6.42. The first kappa shape index (κ1) is 23.6. The Hall–Kier alpha value is -1.42. The van der Waals surface area contributed by atoms with Crippen LogP contribution in [0.2, 0.25) is 5.02 Å². The van der Waals surface area contributed by atoms with Crippen LogP contribution in [-0.2, 0) is 9.53 Å². The van der Waals surface area contributed by atoms with Gasteiger partial charge in [-0.05, 0) is 31.5 Å². The average molecular weight is 511 g/mol. The summed E-state index contributed by atoms with van der Waals surface area (Å²) in [5.41, 5.74) is 0.997. The molecule has 27 heavy (non-hydrogen) atoms. The fourth-order valence-electron chi connectivity index (χ4n) is 2.88. The van der Waals surface area contributed by atoms with Gasteiger partial charge in [-0.3, -0.25) is 9.79 Å². The van der Waals surface area contributed by atoms with Crippen molar-refractivity contribution in [1.82, 2.24) is 10.6 Å². The largest absolute Gasteiger partial charge is 0.495 e. The van der Waals surface area contributed by atoms with Gasteiger partial charge < -0.3 is 25.0 Å². The van der Waals surface area contributed by atoms with Gasteiger partial charge in [0, 0.05) is 30.7 Å². The number of rotatable bonds is 7. The van der Waals surface area contributed by atoms with Crippen molar-refractivity contribution in [2.24, 2.45) is 4.99 Å². The zero-order valence-electron chi connectivity index (χ0n) is 16.0. The highest BCUT2D eigenvalue weighted by atomic mass is 127. The lowest BCUT2D eigenvalue weighted by Gasteiger charge is -2.22. The predicted molar refractivity (Wildman–Crippen MR) is 120 cm³/mol. The highest BCUT2D eigenvalue weighted by molar-refractivity contribution is 14.0. The third kappa shape index (κ3) is 7.25. The second kappa shape index (κ2) is 12.1. The van der Waals surface area contributed by atoms with Crippen molar-refractivity contribution in [2.75, 3.05) is 45.3 Å². The van der Waals surface area contributed by atoms with Crippen molar-refractivity contribution in [3.8, 4) is 5.75 Å². The number of benzene rings is 1. The van der Waals surface area contributed by atoms with Crippen molar-refractivity contribution < 1.29 is 14.3 Å². The number of carbonyl (C=O) groups is 1. The molecule has 0 spiro atoms. The minimum Gasteiger partial charge on any atom is -0.495 e. The number of methoxy groups -OCH3 is 2. The molecule has 1 heterocycles. The van der Waals surface area contributed by atoms with Gasteiger partial charge in [0.15, 0.2) is 5.96 Å². The molecular formula is C18H28ClIN4O3. The number of hydrogen-bond acceptors (Lipinski definition) is 5. The van der Waals surface area contributed by atoms with E-state index in [1.54, 1.807) is 7.11 Å². The number of ether oxygens (including phenoxy) is 2. The van der Waals surface area contributed by atoms with Crippen molar-refractivity contribution >= 4 is 53.2 Å². The molecule has 1 saturated heterocycles. The Morgan fingerprint density at radius 3 is 2.85 bits per heavy atom. The van der Waals surface area contributed by atoms with E-state index in [0.717, 1.165) is 37.5 Å². The Bertz CT molecular complexity index is 645. The van der Waals surface area contributed by atoms with Crippen LogP contribution in [0.4, 0.5) is 5.69 Å². The summed E-state index contributed by atoms with van der Waals surface area (Å²) in [6.07, 6.45) is 1.24. The van der Waals surface area contributed by atoms with Crippen LogP contribution in [0.3, 0.4) is 0 Å². The van der Waals surface area contributed by atoms with E-state index in [-0.39, 0.29) is 42.4 Å². The number of guanidine groups is 1. The Kier molecular flexibility index (Phi) is 10.6. The summed E-state index contributed by atoms with van der Waals surface area (Å²) in [6, 6.07) is 5.89. The standard InChI is InChI=1S/C18H27ClN4O3.HI/c1-4-20-18(21-9-7-17(24)26-3)22-14-8-10-23(12-14)15-11-13(19)5-6-16(15)25-2;/h5-6,11,14H,4,7-10,12H2,1-3H3,(H2,20,21,22);1H. The molecular weight excluding hydrogens is 483 g/mol. The molecule has 0 radical (unpaired) electrons. The Labute approximate surface area is 182 Å². The molecule has 1 aromatic carbocycles. The number of hydrogen-bond donors (Lipinski definition) is 2. The maximum atomic E-state index is 11.2. The number of aliphatic imine (C=N–C) groups is 1. The van der Waals surface area contributed by atoms with E-state index in [9.17, 15) is 4.79 Å². The van der Waals surface area contributed by atoms with E-state index < -0.39 is 0 Å². The molecule has 1 fully saturated rings. The highest BCUT2D eigenvalue weighted by Gasteiger charge is 2.25. The smallest absolute Gasteiger partial charge is 0.307 e. The fourth-order valence-corrected chi connectivity index (χ4v) is 3.05. The van der Waals surface area contributed by atoms with E-state index >= 15 is 0 Å². The third-order valence-corrected chi connectivity index (χ3v) is 4.40. The van der Waals surface area contributed by atoms with Gasteiger partial charge in [-0.2, -0.15) is 0 Å². The number of halogens is 2.